The van der Waals surface area contributed by atoms with Crippen LogP contribution in [-0.2, 0) is 20.7 Å². The van der Waals surface area contributed by atoms with Crippen LogP contribution in [0.15, 0.2) is 24.3 Å². The molecule has 1 heterocycles. The van der Waals surface area contributed by atoms with E-state index in [0.717, 1.165) is 12.8 Å². The van der Waals surface area contributed by atoms with E-state index in [2.05, 4.69) is 0 Å². The van der Waals surface area contributed by atoms with Crippen LogP contribution in [0.25, 0.3) is 0 Å². The summed E-state index contributed by atoms with van der Waals surface area (Å²) in [7, 11) is 0. The Kier molecular flexibility index (Phi) is 6.28. The lowest BCUT2D eigenvalue weighted by molar-refractivity contribution is -0.385. The lowest BCUT2D eigenvalue weighted by Gasteiger charge is -2.34. The summed E-state index contributed by atoms with van der Waals surface area (Å²) in [5, 5.41) is 11.0. The molecule has 1 aromatic carbocycles. The number of nitro groups is 1. The van der Waals surface area contributed by atoms with E-state index in [1.165, 1.54) is 6.07 Å². The third-order valence-electron chi connectivity index (χ3n) is 4.18. The van der Waals surface area contributed by atoms with Crippen LogP contribution in [-0.4, -0.2) is 40.9 Å². The van der Waals surface area contributed by atoms with Crippen molar-refractivity contribution in [1.82, 2.24) is 4.90 Å². The van der Waals surface area contributed by atoms with E-state index in [0.29, 0.717) is 18.5 Å². The fraction of sp³-hybridized carbons (Fsp3) is 0.529. The number of carbonyl (C=O) groups excluding carboxylic acids is 2. The van der Waals surface area contributed by atoms with Crippen molar-refractivity contribution in [3.05, 3.63) is 39.9 Å². The Labute approximate surface area is 140 Å². The Morgan fingerprint density at radius 3 is 2.79 bits per heavy atom. The van der Waals surface area contributed by atoms with Gasteiger partial charge in [-0.1, -0.05) is 18.2 Å². The number of benzene rings is 1. The summed E-state index contributed by atoms with van der Waals surface area (Å²) in [5.41, 5.74) is 0.548. The lowest BCUT2D eigenvalue weighted by atomic mass is 10.0. The van der Waals surface area contributed by atoms with Crippen molar-refractivity contribution in [2.45, 2.75) is 45.1 Å². The summed E-state index contributed by atoms with van der Waals surface area (Å²) >= 11 is 0. The van der Waals surface area contributed by atoms with Crippen molar-refractivity contribution >= 4 is 17.6 Å². The third-order valence-corrected chi connectivity index (χ3v) is 4.18. The Morgan fingerprint density at radius 1 is 1.33 bits per heavy atom. The van der Waals surface area contributed by atoms with Gasteiger partial charge >= 0.3 is 5.97 Å². The van der Waals surface area contributed by atoms with Crippen molar-refractivity contribution in [3.63, 3.8) is 0 Å². The quantitative estimate of drug-likeness (QED) is 0.453. The molecule has 7 nitrogen and oxygen atoms in total. The zero-order chi connectivity index (χ0) is 17.5. The highest BCUT2D eigenvalue weighted by molar-refractivity contribution is 5.85. The maximum Gasteiger partial charge on any atom is 0.328 e. The number of likely N-dealkylation sites (tertiary alicyclic amines) is 1. The number of aryl methyl sites for hydroxylation is 1. The predicted molar refractivity (Wildman–Crippen MR) is 87.4 cm³/mol. The zero-order valence-electron chi connectivity index (χ0n) is 13.8. The van der Waals surface area contributed by atoms with Crippen molar-refractivity contribution in [2.75, 3.05) is 13.2 Å². The topological polar surface area (TPSA) is 89.8 Å². The lowest BCUT2D eigenvalue weighted by Crippen LogP contribution is -2.48. The zero-order valence-corrected chi connectivity index (χ0v) is 13.8. The molecule has 1 fully saturated rings. The van der Waals surface area contributed by atoms with E-state index in [1.807, 2.05) is 0 Å². The molecule has 0 bridgehead atoms. The standard InChI is InChI=1S/C17H22N2O5/c1-2-24-17(21)15-9-5-6-12-18(15)16(20)11-10-13-7-3-4-8-14(13)19(22)23/h3-4,7-8,15H,2,5-6,9-12H2,1H3/t15-/m1/s1. The third kappa shape index (κ3) is 4.31. The van der Waals surface area contributed by atoms with Crippen molar-refractivity contribution in [1.29, 1.82) is 0 Å². The van der Waals surface area contributed by atoms with Crippen LogP contribution < -0.4 is 0 Å². The molecule has 24 heavy (non-hydrogen) atoms. The minimum atomic E-state index is -0.531. The minimum Gasteiger partial charge on any atom is -0.464 e. The molecule has 2 rings (SSSR count). The van der Waals surface area contributed by atoms with Crippen LogP contribution in [0.3, 0.4) is 0 Å². The average Bonchev–Trinajstić information content (AvgIpc) is 2.60. The van der Waals surface area contributed by atoms with Gasteiger partial charge < -0.3 is 9.64 Å². The first-order valence-electron chi connectivity index (χ1n) is 8.23. The summed E-state index contributed by atoms with van der Waals surface area (Å²) in [4.78, 5) is 36.7. The van der Waals surface area contributed by atoms with Gasteiger partial charge in [0.15, 0.2) is 0 Å². The van der Waals surface area contributed by atoms with E-state index in [1.54, 1.807) is 30.0 Å². The highest BCUT2D eigenvalue weighted by Crippen LogP contribution is 2.22. The Bertz CT molecular complexity index is 617. The van der Waals surface area contributed by atoms with Gasteiger partial charge in [0.2, 0.25) is 5.91 Å². The number of hydrogen-bond acceptors (Lipinski definition) is 5. The molecule has 0 aromatic heterocycles. The number of rotatable bonds is 6. The number of carbonyl (C=O) groups is 2. The first-order valence-corrected chi connectivity index (χ1v) is 8.23. The highest BCUT2D eigenvalue weighted by Gasteiger charge is 2.32. The SMILES string of the molecule is CCOC(=O)[C@H]1CCCCN1C(=O)CCc1ccccc1[N+](=O)[O-]. The number of nitro benzene ring substituents is 1. The first kappa shape index (κ1) is 17.9. The average molecular weight is 334 g/mol. The molecule has 0 radical (unpaired) electrons. The van der Waals surface area contributed by atoms with Gasteiger partial charge in [0.1, 0.15) is 6.04 Å². The molecule has 0 saturated carbocycles. The summed E-state index contributed by atoms with van der Waals surface area (Å²) in [6, 6.07) is 5.88. The molecule has 1 aromatic rings. The van der Waals surface area contributed by atoms with E-state index in [-0.39, 0.29) is 37.0 Å². The number of hydrogen-bond donors (Lipinski definition) is 0. The molecule has 0 aliphatic carbocycles. The largest absolute Gasteiger partial charge is 0.464 e. The van der Waals surface area contributed by atoms with Crippen LogP contribution in [0.1, 0.15) is 38.2 Å². The molecular weight excluding hydrogens is 312 g/mol. The molecule has 1 atom stereocenters. The van der Waals surface area contributed by atoms with Gasteiger partial charge in [-0.15, -0.1) is 0 Å². The maximum absolute atomic E-state index is 12.5. The first-order chi connectivity index (χ1) is 11.5. The van der Waals surface area contributed by atoms with Gasteiger partial charge in [-0.3, -0.25) is 14.9 Å². The molecule has 1 aliphatic heterocycles. The van der Waals surface area contributed by atoms with Crippen molar-refractivity contribution in [3.8, 4) is 0 Å². The molecule has 130 valence electrons. The summed E-state index contributed by atoms with van der Waals surface area (Å²) in [6.07, 6.45) is 2.77. The molecule has 1 saturated heterocycles. The van der Waals surface area contributed by atoms with Crippen LogP contribution in [0.4, 0.5) is 5.69 Å². The van der Waals surface area contributed by atoms with E-state index in [4.69, 9.17) is 4.74 Å². The highest BCUT2D eigenvalue weighted by atomic mass is 16.6. The number of piperidine rings is 1. The normalized spacial score (nSPS) is 17.4. The molecule has 0 spiro atoms. The van der Waals surface area contributed by atoms with Crippen LogP contribution >= 0.6 is 0 Å². The van der Waals surface area contributed by atoms with Crippen LogP contribution in [0, 0.1) is 10.1 Å². The molecule has 7 heteroatoms. The Hall–Kier alpha value is -2.44. The molecule has 1 aliphatic rings. The number of ether oxygens (including phenoxy) is 1. The second-order valence-electron chi connectivity index (χ2n) is 5.74. The second kappa shape index (κ2) is 8.42. The number of amides is 1. The number of nitrogens with zero attached hydrogens (tertiary/aromatic N) is 2. The van der Waals surface area contributed by atoms with Gasteiger partial charge in [-0.2, -0.15) is 0 Å². The fourth-order valence-corrected chi connectivity index (χ4v) is 3.00. The second-order valence-corrected chi connectivity index (χ2v) is 5.74. The van der Waals surface area contributed by atoms with Gasteiger partial charge in [0, 0.05) is 24.6 Å². The van der Waals surface area contributed by atoms with Gasteiger partial charge in [-0.05, 0) is 32.6 Å². The van der Waals surface area contributed by atoms with Crippen LogP contribution in [0.5, 0.6) is 0 Å². The minimum absolute atomic E-state index is 0.0193. The molecule has 0 unspecified atom stereocenters. The smallest absolute Gasteiger partial charge is 0.328 e. The fourth-order valence-electron chi connectivity index (χ4n) is 3.00. The van der Waals surface area contributed by atoms with E-state index >= 15 is 0 Å². The van der Waals surface area contributed by atoms with Gasteiger partial charge in [0.25, 0.3) is 5.69 Å². The van der Waals surface area contributed by atoms with Gasteiger partial charge in [0.05, 0.1) is 11.5 Å². The molecule has 0 N–H and O–H groups in total. The number of esters is 1. The van der Waals surface area contributed by atoms with E-state index in [9.17, 15) is 19.7 Å². The molecular formula is C17H22N2O5. The predicted octanol–water partition coefficient (Wildman–Crippen LogP) is 2.47. The maximum atomic E-state index is 12.5. The van der Waals surface area contributed by atoms with Crippen molar-refractivity contribution in [2.24, 2.45) is 0 Å². The Morgan fingerprint density at radius 2 is 2.08 bits per heavy atom. The van der Waals surface area contributed by atoms with E-state index < -0.39 is 11.0 Å². The summed E-state index contributed by atoms with van der Waals surface area (Å²) in [5.74, 6) is -0.526. The van der Waals surface area contributed by atoms with Crippen LogP contribution in [0.2, 0.25) is 0 Å². The van der Waals surface area contributed by atoms with Crippen molar-refractivity contribution < 1.29 is 19.2 Å². The number of para-hydroxylation sites is 1. The Balaban J connectivity index is 2.03. The summed E-state index contributed by atoms with van der Waals surface area (Å²) in [6.45, 7) is 2.55. The summed E-state index contributed by atoms with van der Waals surface area (Å²) < 4.78 is 5.05. The monoisotopic (exact) mass is 334 g/mol. The molecule has 1 amide bonds. The van der Waals surface area contributed by atoms with Gasteiger partial charge in [-0.25, -0.2) is 4.79 Å².